The molecule has 8 heavy (non-hydrogen) atoms. The Morgan fingerprint density at radius 3 is 2.12 bits per heavy atom. The van der Waals surface area contributed by atoms with Crippen molar-refractivity contribution in [2.45, 2.75) is 30.5 Å². The smallest absolute Gasteiger partial charge is 0.0500 e. The first-order valence-corrected chi connectivity index (χ1v) is 3.67. The van der Waals surface area contributed by atoms with Crippen molar-refractivity contribution >= 4 is 23.2 Å². The quantitative estimate of drug-likeness (QED) is 0.548. The molecule has 0 bridgehead atoms. The SMILES string of the molecule is [CH2]C(Cl)C(Cl)CCC. The molecular formula is C6H11Cl2. The van der Waals surface area contributed by atoms with Crippen molar-refractivity contribution in [2.75, 3.05) is 0 Å². The Balaban J connectivity index is 3.17. The van der Waals surface area contributed by atoms with Crippen LogP contribution < -0.4 is 0 Å². The molecule has 2 heteroatoms. The van der Waals surface area contributed by atoms with Gasteiger partial charge in [-0.05, 0) is 13.3 Å². The van der Waals surface area contributed by atoms with Gasteiger partial charge in [0.25, 0.3) is 0 Å². The molecule has 0 spiro atoms. The Morgan fingerprint density at radius 2 is 2.00 bits per heavy atom. The first-order chi connectivity index (χ1) is 3.68. The van der Waals surface area contributed by atoms with E-state index >= 15 is 0 Å². The van der Waals surface area contributed by atoms with Gasteiger partial charge in [0.15, 0.2) is 0 Å². The van der Waals surface area contributed by atoms with Crippen LogP contribution >= 0.6 is 23.2 Å². The average molecular weight is 154 g/mol. The van der Waals surface area contributed by atoms with Gasteiger partial charge in [-0.3, -0.25) is 0 Å². The lowest BCUT2D eigenvalue weighted by Gasteiger charge is -2.07. The minimum absolute atomic E-state index is 0.0432. The Hall–Kier alpha value is 0.580. The normalized spacial score (nSPS) is 18.0. The lowest BCUT2D eigenvalue weighted by atomic mass is 10.2. The highest BCUT2D eigenvalue weighted by Gasteiger charge is 2.08. The van der Waals surface area contributed by atoms with Crippen LogP contribution in [-0.4, -0.2) is 10.8 Å². The maximum absolute atomic E-state index is 5.72. The largest absolute Gasteiger partial charge is 0.121 e. The molecule has 0 aromatic rings. The van der Waals surface area contributed by atoms with Gasteiger partial charge in [0.05, 0.1) is 0 Å². The summed E-state index contributed by atoms with van der Waals surface area (Å²) in [6.07, 6.45) is 2.03. The number of alkyl halides is 2. The van der Waals surface area contributed by atoms with Gasteiger partial charge in [0.2, 0.25) is 0 Å². The van der Waals surface area contributed by atoms with E-state index in [1.165, 1.54) is 0 Å². The third kappa shape index (κ3) is 3.57. The maximum Gasteiger partial charge on any atom is 0.0500 e. The van der Waals surface area contributed by atoms with Gasteiger partial charge < -0.3 is 0 Å². The molecule has 0 aliphatic heterocycles. The Labute approximate surface area is 61.2 Å². The van der Waals surface area contributed by atoms with Gasteiger partial charge in [-0.2, -0.15) is 0 Å². The van der Waals surface area contributed by atoms with E-state index in [0.717, 1.165) is 12.8 Å². The standard InChI is InChI=1S/C6H11Cl2/c1-3-4-6(8)5(2)7/h5-6H,2-4H2,1H3. The van der Waals surface area contributed by atoms with Crippen LogP contribution in [-0.2, 0) is 0 Å². The molecule has 0 nitrogen and oxygen atoms in total. The fourth-order valence-electron chi connectivity index (χ4n) is 0.457. The summed E-state index contributed by atoms with van der Waals surface area (Å²) in [6, 6.07) is 0. The second-order valence-corrected chi connectivity index (χ2v) is 2.94. The zero-order chi connectivity index (χ0) is 6.57. The molecule has 0 amide bonds. The number of hydrogen-bond donors (Lipinski definition) is 0. The highest BCUT2D eigenvalue weighted by atomic mass is 35.5. The summed E-state index contributed by atoms with van der Waals surface area (Å²) >= 11 is 11.3. The molecule has 0 aromatic carbocycles. The lowest BCUT2D eigenvalue weighted by Crippen LogP contribution is -2.09. The van der Waals surface area contributed by atoms with Crippen LogP contribution in [0.2, 0.25) is 0 Å². The summed E-state index contributed by atoms with van der Waals surface area (Å²) < 4.78 is 0. The summed E-state index contributed by atoms with van der Waals surface area (Å²) in [5.41, 5.74) is 0. The van der Waals surface area contributed by atoms with Gasteiger partial charge in [-0.15, -0.1) is 23.2 Å². The number of rotatable bonds is 3. The fraction of sp³-hybridized carbons (Fsp3) is 0.833. The van der Waals surface area contributed by atoms with E-state index in [9.17, 15) is 0 Å². The Bertz CT molecular complexity index is 52.5. The van der Waals surface area contributed by atoms with E-state index < -0.39 is 0 Å². The molecule has 0 aliphatic rings. The third-order valence-corrected chi connectivity index (χ3v) is 1.91. The van der Waals surface area contributed by atoms with Gasteiger partial charge in [-0.1, -0.05) is 13.3 Å². The Kier molecular flexibility index (Phi) is 4.78. The molecule has 0 aromatic heterocycles. The van der Waals surface area contributed by atoms with E-state index in [1.54, 1.807) is 0 Å². The molecule has 0 aliphatic carbocycles. The number of hydrogen-bond acceptors (Lipinski definition) is 0. The van der Waals surface area contributed by atoms with Gasteiger partial charge in [-0.25, -0.2) is 0 Å². The Morgan fingerprint density at radius 1 is 1.50 bits per heavy atom. The van der Waals surface area contributed by atoms with Crippen molar-refractivity contribution in [3.8, 4) is 0 Å². The molecule has 0 N–H and O–H groups in total. The van der Waals surface area contributed by atoms with E-state index in [4.69, 9.17) is 23.2 Å². The van der Waals surface area contributed by atoms with Crippen molar-refractivity contribution in [3.05, 3.63) is 6.92 Å². The second kappa shape index (κ2) is 4.46. The zero-order valence-corrected chi connectivity index (χ0v) is 6.54. The highest BCUT2D eigenvalue weighted by Crippen LogP contribution is 2.13. The molecule has 49 valence electrons. The van der Waals surface area contributed by atoms with Gasteiger partial charge in [0.1, 0.15) is 0 Å². The van der Waals surface area contributed by atoms with Crippen LogP contribution in [0.5, 0.6) is 0 Å². The molecule has 1 radical (unpaired) electrons. The summed E-state index contributed by atoms with van der Waals surface area (Å²) in [5.74, 6) is 0. The van der Waals surface area contributed by atoms with E-state index in [1.807, 2.05) is 0 Å². The van der Waals surface area contributed by atoms with Crippen molar-refractivity contribution < 1.29 is 0 Å². The minimum Gasteiger partial charge on any atom is -0.121 e. The molecular weight excluding hydrogens is 143 g/mol. The van der Waals surface area contributed by atoms with Gasteiger partial charge >= 0.3 is 0 Å². The summed E-state index contributed by atoms with van der Waals surface area (Å²) in [7, 11) is 0. The van der Waals surface area contributed by atoms with Crippen LogP contribution in [0.1, 0.15) is 19.8 Å². The summed E-state index contributed by atoms with van der Waals surface area (Å²) in [4.78, 5) is 0. The summed E-state index contributed by atoms with van der Waals surface area (Å²) in [6.45, 7) is 5.67. The zero-order valence-electron chi connectivity index (χ0n) is 5.03. The molecule has 0 saturated carbocycles. The van der Waals surface area contributed by atoms with E-state index in [-0.39, 0.29) is 10.8 Å². The topological polar surface area (TPSA) is 0 Å². The van der Waals surface area contributed by atoms with E-state index in [2.05, 4.69) is 13.8 Å². The molecule has 0 rings (SSSR count). The van der Waals surface area contributed by atoms with Crippen LogP contribution in [0.4, 0.5) is 0 Å². The van der Waals surface area contributed by atoms with Crippen molar-refractivity contribution in [3.63, 3.8) is 0 Å². The third-order valence-electron chi connectivity index (χ3n) is 0.957. The molecule has 2 unspecified atom stereocenters. The average Bonchev–Trinajstić information content (AvgIpc) is 1.67. The first-order valence-electron chi connectivity index (χ1n) is 2.79. The van der Waals surface area contributed by atoms with Gasteiger partial charge in [0, 0.05) is 10.8 Å². The molecule has 0 fully saturated rings. The molecule has 0 heterocycles. The minimum atomic E-state index is -0.142. The predicted molar refractivity (Wildman–Crippen MR) is 39.5 cm³/mol. The number of halogens is 2. The lowest BCUT2D eigenvalue weighted by molar-refractivity contribution is 0.741. The van der Waals surface area contributed by atoms with Crippen LogP contribution in [0, 0.1) is 6.92 Å². The summed E-state index contributed by atoms with van der Waals surface area (Å²) in [5, 5.41) is -0.0988. The van der Waals surface area contributed by atoms with Crippen LogP contribution in [0.25, 0.3) is 0 Å². The van der Waals surface area contributed by atoms with Crippen LogP contribution in [0.15, 0.2) is 0 Å². The predicted octanol–water partition coefficient (Wildman–Crippen LogP) is 2.84. The highest BCUT2D eigenvalue weighted by molar-refractivity contribution is 6.30. The molecule has 2 atom stereocenters. The van der Waals surface area contributed by atoms with Crippen molar-refractivity contribution in [2.24, 2.45) is 0 Å². The van der Waals surface area contributed by atoms with E-state index in [0.29, 0.717) is 0 Å². The van der Waals surface area contributed by atoms with Crippen molar-refractivity contribution in [1.29, 1.82) is 0 Å². The van der Waals surface area contributed by atoms with Crippen molar-refractivity contribution in [1.82, 2.24) is 0 Å². The fourth-order valence-corrected chi connectivity index (χ4v) is 0.801. The monoisotopic (exact) mass is 153 g/mol. The first kappa shape index (κ1) is 8.58. The molecule has 0 saturated heterocycles. The second-order valence-electron chi connectivity index (χ2n) is 1.82. The maximum atomic E-state index is 5.72. The van der Waals surface area contributed by atoms with Crippen LogP contribution in [0.3, 0.4) is 0 Å².